The lowest BCUT2D eigenvalue weighted by molar-refractivity contribution is 0.102. The van der Waals surface area contributed by atoms with Crippen LogP contribution in [0.4, 0.5) is 5.69 Å². The molecule has 0 spiro atoms. The van der Waals surface area contributed by atoms with Crippen molar-refractivity contribution in [1.82, 2.24) is 0 Å². The van der Waals surface area contributed by atoms with Gasteiger partial charge in [0, 0.05) is 11.3 Å². The molecule has 0 unspecified atom stereocenters. The number of amides is 1. The predicted octanol–water partition coefficient (Wildman–Crippen LogP) is 3.00. The summed E-state index contributed by atoms with van der Waals surface area (Å²) in [6.07, 6.45) is 1.60. The second-order valence-corrected chi connectivity index (χ2v) is 4.66. The summed E-state index contributed by atoms with van der Waals surface area (Å²) in [5, 5.41) is 3.00. The van der Waals surface area contributed by atoms with Gasteiger partial charge in [-0.05, 0) is 42.6 Å². The molecule has 0 bridgehead atoms. The number of aryl methyl sites for hydroxylation is 1. The molecular weight excluding hydrogens is 248 g/mol. The number of hydrogen-bond donors (Lipinski definition) is 2. The van der Waals surface area contributed by atoms with E-state index in [1.54, 1.807) is 0 Å². The van der Waals surface area contributed by atoms with E-state index in [-0.39, 0.29) is 5.91 Å². The predicted molar refractivity (Wildman–Crippen MR) is 83.0 cm³/mol. The summed E-state index contributed by atoms with van der Waals surface area (Å²) in [6.45, 7) is 2.61. The van der Waals surface area contributed by atoms with Gasteiger partial charge in [0.1, 0.15) is 0 Å². The molecule has 2 aromatic carbocycles. The molecule has 2 rings (SSSR count). The molecule has 0 radical (unpaired) electrons. The Balaban J connectivity index is 2.24. The smallest absolute Gasteiger partial charge is 0.255 e. The van der Waals surface area contributed by atoms with Gasteiger partial charge in [-0.25, -0.2) is 0 Å². The third-order valence-electron chi connectivity index (χ3n) is 3.32. The topological polar surface area (TPSA) is 55.1 Å². The van der Waals surface area contributed by atoms with Gasteiger partial charge in [-0.15, -0.1) is 0 Å². The second-order valence-electron chi connectivity index (χ2n) is 4.66. The van der Waals surface area contributed by atoms with Gasteiger partial charge in [-0.1, -0.05) is 43.3 Å². The zero-order chi connectivity index (χ0) is 14.4. The van der Waals surface area contributed by atoms with Gasteiger partial charge in [0.25, 0.3) is 5.91 Å². The van der Waals surface area contributed by atoms with Crippen LogP contribution < -0.4 is 11.1 Å². The molecule has 0 saturated heterocycles. The number of anilines is 1. The van der Waals surface area contributed by atoms with Gasteiger partial charge >= 0.3 is 0 Å². The molecule has 0 aliphatic rings. The lowest BCUT2D eigenvalue weighted by Crippen LogP contribution is -2.16. The minimum absolute atomic E-state index is 0.0741. The number of benzene rings is 2. The third-order valence-corrected chi connectivity index (χ3v) is 3.32. The maximum absolute atomic E-state index is 12.4. The van der Waals surface area contributed by atoms with Crippen molar-refractivity contribution in [2.75, 3.05) is 11.9 Å². The Kier molecular flexibility index (Phi) is 4.91. The monoisotopic (exact) mass is 268 g/mol. The van der Waals surface area contributed by atoms with E-state index < -0.39 is 0 Å². The van der Waals surface area contributed by atoms with Crippen LogP contribution in [-0.2, 0) is 12.8 Å². The number of carbonyl (C=O) groups is 1. The van der Waals surface area contributed by atoms with Crippen LogP contribution >= 0.6 is 0 Å². The van der Waals surface area contributed by atoms with Crippen molar-refractivity contribution in [3.8, 4) is 0 Å². The van der Waals surface area contributed by atoms with Crippen LogP contribution in [0.3, 0.4) is 0 Å². The minimum atomic E-state index is -0.0741. The van der Waals surface area contributed by atoms with E-state index in [4.69, 9.17) is 5.73 Å². The van der Waals surface area contributed by atoms with Crippen LogP contribution in [0.25, 0.3) is 0 Å². The normalized spacial score (nSPS) is 10.3. The average molecular weight is 268 g/mol. The highest BCUT2D eigenvalue weighted by Crippen LogP contribution is 2.18. The van der Waals surface area contributed by atoms with Crippen LogP contribution in [0, 0.1) is 0 Å². The average Bonchev–Trinajstić information content (AvgIpc) is 2.48. The molecule has 3 N–H and O–H groups in total. The van der Waals surface area contributed by atoms with Gasteiger partial charge < -0.3 is 11.1 Å². The third kappa shape index (κ3) is 3.25. The molecule has 2 aromatic rings. The quantitative estimate of drug-likeness (QED) is 0.875. The molecule has 3 nitrogen and oxygen atoms in total. The van der Waals surface area contributed by atoms with Crippen molar-refractivity contribution in [2.45, 2.75) is 19.8 Å². The zero-order valence-electron chi connectivity index (χ0n) is 11.7. The minimum Gasteiger partial charge on any atom is -0.330 e. The van der Waals surface area contributed by atoms with Gasteiger partial charge in [0.2, 0.25) is 0 Å². The van der Waals surface area contributed by atoms with Crippen molar-refractivity contribution in [3.63, 3.8) is 0 Å². The number of nitrogens with one attached hydrogen (secondary N) is 1. The molecule has 1 amide bonds. The summed E-state index contributed by atoms with van der Waals surface area (Å²) in [7, 11) is 0. The molecule has 104 valence electrons. The lowest BCUT2D eigenvalue weighted by Gasteiger charge is -2.12. The van der Waals surface area contributed by atoms with Crippen LogP contribution in [-0.4, -0.2) is 12.5 Å². The van der Waals surface area contributed by atoms with E-state index >= 15 is 0 Å². The van der Waals surface area contributed by atoms with Crippen molar-refractivity contribution in [3.05, 3.63) is 65.2 Å². The molecule has 0 heterocycles. The maximum atomic E-state index is 12.4. The maximum Gasteiger partial charge on any atom is 0.255 e. The van der Waals surface area contributed by atoms with Gasteiger partial charge in [0.05, 0.1) is 0 Å². The highest BCUT2D eigenvalue weighted by molar-refractivity contribution is 6.05. The summed E-state index contributed by atoms with van der Waals surface area (Å²) in [4.78, 5) is 12.4. The fraction of sp³-hybridized carbons (Fsp3) is 0.235. The Hall–Kier alpha value is -2.13. The summed E-state index contributed by atoms with van der Waals surface area (Å²) in [6, 6.07) is 15.5. The van der Waals surface area contributed by atoms with Crippen LogP contribution in [0.5, 0.6) is 0 Å². The van der Waals surface area contributed by atoms with E-state index in [0.717, 1.165) is 23.2 Å². The fourth-order valence-corrected chi connectivity index (χ4v) is 2.26. The van der Waals surface area contributed by atoms with Gasteiger partial charge in [-0.3, -0.25) is 4.79 Å². The summed E-state index contributed by atoms with van der Waals surface area (Å²) >= 11 is 0. The lowest BCUT2D eigenvalue weighted by atomic mass is 10.0. The number of nitrogens with two attached hydrogens (primary N) is 1. The Labute approximate surface area is 119 Å². The number of rotatable bonds is 5. The van der Waals surface area contributed by atoms with Crippen LogP contribution in [0.2, 0.25) is 0 Å². The summed E-state index contributed by atoms with van der Waals surface area (Å²) in [5.74, 6) is -0.0741. The first kappa shape index (κ1) is 14.3. The van der Waals surface area contributed by atoms with E-state index in [1.807, 2.05) is 48.5 Å². The first-order chi connectivity index (χ1) is 9.76. The number of hydrogen-bond acceptors (Lipinski definition) is 2. The molecule has 0 fully saturated rings. The van der Waals surface area contributed by atoms with E-state index in [2.05, 4.69) is 12.2 Å². The standard InChI is InChI=1S/C17H20N2O/c1-2-13-7-4-6-10-16(13)19-17(20)15-9-5-3-8-14(15)11-12-18/h3-10H,2,11-12,18H2,1H3,(H,19,20). The van der Waals surface area contributed by atoms with Crippen molar-refractivity contribution in [1.29, 1.82) is 0 Å². The second kappa shape index (κ2) is 6.87. The Morgan fingerprint density at radius 1 is 1.05 bits per heavy atom. The summed E-state index contributed by atoms with van der Waals surface area (Å²) in [5.41, 5.74) is 9.30. The van der Waals surface area contributed by atoms with E-state index in [1.165, 1.54) is 0 Å². The van der Waals surface area contributed by atoms with Crippen molar-refractivity contribution < 1.29 is 4.79 Å². The molecule has 3 heteroatoms. The van der Waals surface area contributed by atoms with E-state index in [9.17, 15) is 4.79 Å². The Morgan fingerprint density at radius 3 is 2.40 bits per heavy atom. The number of carbonyl (C=O) groups excluding carboxylic acids is 1. The van der Waals surface area contributed by atoms with Gasteiger partial charge in [0.15, 0.2) is 0 Å². The molecule has 0 saturated carbocycles. The largest absolute Gasteiger partial charge is 0.330 e. The van der Waals surface area contributed by atoms with Crippen LogP contribution in [0.15, 0.2) is 48.5 Å². The van der Waals surface area contributed by atoms with Crippen LogP contribution in [0.1, 0.15) is 28.4 Å². The molecule has 0 aliphatic carbocycles. The first-order valence-electron chi connectivity index (χ1n) is 6.93. The Bertz CT molecular complexity index is 593. The highest BCUT2D eigenvalue weighted by atomic mass is 16.1. The molecule has 0 aliphatic heterocycles. The van der Waals surface area contributed by atoms with Crippen molar-refractivity contribution >= 4 is 11.6 Å². The fourth-order valence-electron chi connectivity index (χ4n) is 2.26. The SMILES string of the molecule is CCc1ccccc1NC(=O)c1ccccc1CCN. The Morgan fingerprint density at radius 2 is 1.70 bits per heavy atom. The molecule has 0 atom stereocenters. The summed E-state index contributed by atoms with van der Waals surface area (Å²) < 4.78 is 0. The molecular formula is C17H20N2O. The molecule has 0 aromatic heterocycles. The highest BCUT2D eigenvalue weighted by Gasteiger charge is 2.11. The number of para-hydroxylation sites is 1. The van der Waals surface area contributed by atoms with E-state index in [0.29, 0.717) is 18.5 Å². The van der Waals surface area contributed by atoms with Gasteiger partial charge in [-0.2, -0.15) is 0 Å². The zero-order valence-corrected chi connectivity index (χ0v) is 11.7. The first-order valence-corrected chi connectivity index (χ1v) is 6.93. The molecule has 20 heavy (non-hydrogen) atoms. The van der Waals surface area contributed by atoms with Crippen molar-refractivity contribution in [2.24, 2.45) is 5.73 Å².